The van der Waals surface area contributed by atoms with Gasteiger partial charge in [-0.25, -0.2) is 8.42 Å². The molecule has 0 bridgehead atoms. The molecule has 0 radical (unpaired) electrons. The smallest absolute Gasteiger partial charge is 0.124 e. The molecule has 3 nitrogen and oxygen atoms in total. The van der Waals surface area contributed by atoms with Gasteiger partial charge < -0.3 is 4.55 Å². The van der Waals surface area contributed by atoms with Crippen LogP contribution in [0.25, 0.3) is 0 Å². The highest BCUT2D eigenvalue weighted by molar-refractivity contribution is 7.85. The molecule has 0 aromatic heterocycles. The summed E-state index contributed by atoms with van der Waals surface area (Å²) in [5.41, 5.74) is 1.34. The summed E-state index contributed by atoms with van der Waals surface area (Å²) in [6.07, 6.45) is 1.000. The first kappa shape index (κ1) is 17.2. The summed E-state index contributed by atoms with van der Waals surface area (Å²) in [5, 5.41) is 0. The summed E-state index contributed by atoms with van der Waals surface area (Å²) >= 11 is 0. The first-order valence-corrected chi connectivity index (χ1v) is 8.27. The highest BCUT2D eigenvalue weighted by atomic mass is 32.2. The minimum Gasteiger partial charge on any atom is -0.744 e. The van der Waals surface area contributed by atoms with Gasteiger partial charge in [0.1, 0.15) is 10.1 Å². The van der Waals surface area contributed by atoms with E-state index in [9.17, 15) is 13.0 Å². The second-order valence-electron chi connectivity index (χ2n) is 7.71. The second-order valence-corrected chi connectivity index (χ2v) is 9.09. The van der Waals surface area contributed by atoms with Crippen molar-refractivity contribution in [2.75, 3.05) is 0 Å². The lowest BCUT2D eigenvalue weighted by Crippen LogP contribution is -2.23. The lowest BCUT2D eigenvalue weighted by molar-refractivity contribution is 0.229. The fraction of sp³-hybridized carbons (Fsp3) is 0.625. The van der Waals surface area contributed by atoms with Crippen molar-refractivity contribution in [2.45, 2.75) is 58.8 Å². The first-order chi connectivity index (χ1) is 8.81. The van der Waals surface area contributed by atoms with Crippen molar-refractivity contribution in [1.29, 1.82) is 0 Å². The maximum Gasteiger partial charge on any atom is 0.124 e. The molecule has 1 aromatic rings. The van der Waals surface area contributed by atoms with E-state index in [4.69, 9.17) is 0 Å². The normalized spacial score (nSPS) is 15.2. The van der Waals surface area contributed by atoms with Crippen molar-refractivity contribution < 1.29 is 13.0 Å². The lowest BCUT2D eigenvalue weighted by Gasteiger charge is -2.36. The Labute approximate surface area is 123 Å². The summed E-state index contributed by atoms with van der Waals surface area (Å²) in [7, 11) is -4.37. The third-order valence-electron chi connectivity index (χ3n) is 3.43. The molecule has 0 spiro atoms. The molecule has 0 N–H and O–H groups in total. The van der Waals surface area contributed by atoms with Gasteiger partial charge in [-0.15, -0.1) is 0 Å². The summed E-state index contributed by atoms with van der Waals surface area (Å²) in [4.78, 5) is -0.162. The van der Waals surface area contributed by atoms with Crippen LogP contribution in [0.1, 0.15) is 59.4 Å². The molecule has 114 valence electrons. The quantitative estimate of drug-likeness (QED) is 0.787. The average molecular weight is 297 g/mol. The average Bonchev–Trinajstić information content (AvgIpc) is 2.22. The third-order valence-corrected chi connectivity index (χ3v) is 4.28. The minimum atomic E-state index is -4.37. The van der Waals surface area contributed by atoms with Gasteiger partial charge in [0.05, 0.1) is 4.90 Å². The van der Waals surface area contributed by atoms with Crippen LogP contribution in [0.2, 0.25) is 0 Å². The molecule has 0 aliphatic rings. The maximum atomic E-state index is 11.0. The van der Waals surface area contributed by atoms with Crippen molar-refractivity contribution >= 4 is 10.1 Å². The third kappa shape index (κ3) is 4.91. The van der Waals surface area contributed by atoms with Crippen molar-refractivity contribution in [3.05, 3.63) is 29.8 Å². The Balaban J connectivity index is 3.16. The number of rotatable bonds is 3. The lowest BCUT2D eigenvalue weighted by atomic mass is 9.69. The molecule has 0 amide bonds. The topological polar surface area (TPSA) is 57.2 Å². The molecular weight excluding hydrogens is 272 g/mol. The van der Waals surface area contributed by atoms with Crippen LogP contribution < -0.4 is 0 Å². The summed E-state index contributed by atoms with van der Waals surface area (Å²) in [6, 6.07) is 6.37. The van der Waals surface area contributed by atoms with Crippen LogP contribution in [0.4, 0.5) is 0 Å². The Kier molecular flexibility index (Phi) is 4.72. The second kappa shape index (κ2) is 5.49. The molecule has 20 heavy (non-hydrogen) atoms. The van der Waals surface area contributed by atoms with Gasteiger partial charge in [-0.1, -0.05) is 53.7 Å². The highest BCUT2D eigenvalue weighted by Gasteiger charge is 2.30. The zero-order chi connectivity index (χ0) is 15.8. The van der Waals surface area contributed by atoms with Gasteiger partial charge >= 0.3 is 0 Å². The van der Waals surface area contributed by atoms with Crippen LogP contribution in [0.5, 0.6) is 0 Å². The van der Waals surface area contributed by atoms with E-state index in [0.717, 1.165) is 12.0 Å². The van der Waals surface area contributed by atoms with Gasteiger partial charge in [0, 0.05) is 0 Å². The molecule has 0 saturated heterocycles. The predicted octanol–water partition coefficient (Wildman–Crippen LogP) is 4.16. The Morgan fingerprint density at radius 2 is 1.45 bits per heavy atom. The molecule has 1 aromatic carbocycles. The fourth-order valence-corrected chi connectivity index (χ4v) is 2.87. The number of benzene rings is 1. The predicted molar refractivity (Wildman–Crippen MR) is 80.7 cm³/mol. The van der Waals surface area contributed by atoms with Gasteiger partial charge in [0.25, 0.3) is 0 Å². The molecule has 4 heteroatoms. The minimum absolute atomic E-state index is 0.0745. The molecule has 1 unspecified atom stereocenters. The van der Waals surface area contributed by atoms with Crippen molar-refractivity contribution in [2.24, 2.45) is 10.8 Å². The van der Waals surface area contributed by atoms with E-state index in [2.05, 4.69) is 41.5 Å². The van der Waals surface area contributed by atoms with Crippen LogP contribution in [0.3, 0.4) is 0 Å². The SMILES string of the molecule is CC(C)(C)CC(c1ccc(S(=O)(=O)[O-])cc1)C(C)(C)C. The van der Waals surface area contributed by atoms with Gasteiger partial charge in [-0.05, 0) is 40.9 Å². The first-order valence-electron chi connectivity index (χ1n) is 6.86. The monoisotopic (exact) mass is 297 g/mol. The van der Waals surface area contributed by atoms with Crippen LogP contribution in [0.15, 0.2) is 29.2 Å². The van der Waals surface area contributed by atoms with Gasteiger partial charge in [0.2, 0.25) is 0 Å². The van der Waals surface area contributed by atoms with Gasteiger partial charge in [-0.3, -0.25) is 0 Å². The van der Waals surface area contributed by atoms with Crippen LogP contribution in [-0.2, 0) is 10.1 Å². The standard InChI is InChI=1S/C16H26O3S/c1-15(2,3)11-14(16(4,5)6)12-7-9-13(10-8-12)20(17,18)19/h7-10,14H,11H2,1-6H3,(H,17,18,19)/p-1. The van der Waals surface area contributed by atoms with E-state index < -0.39 is 10.1 Å². The van der Waals surface area contributed by atoms with E-state index >= 15 is 0 Å². The molecule has 0 aliphatic heterocycles. The molecular formula is C16H25O3S-. The van der Waals surface area contributed by atoms with Crippen molar-refractivity contribution in [3.63, 3.8) is 0 Å². The molecule has 0 aliphatic carbocycles. The Morgan fingerprint density at radius 1 is 1.00 bits per heavy atom. The van der Waals surface area contributed by atoms with Crippen LogP contribution in [-0.4, -0.2) is 13.0 Å². The highest BCUT2D eigenvalue weighted by Crippen LogP contribution is 2.43. The van der Waals surface area contributed by atoms with E-state index in [0.29, 0.717) is 5.92 Å². The Bertz CT molecular complexity index is 543. The largest absolute Gasteiger partial charge is 0.744 e. The Morgan fingerprint density at radius 3 is 1.75 bits per heavy atom. The van der Waals surface area contributed by atoms with E-state index in [1.54, 1.807) is 12.1 Å². The number of hydrogen-bond donors (Lipinski definition) is 0. The molecule has 1 atom stereocenters. The van der Waals surface area contributed by atoms with Crippen molar-refractivity contribution in [1.82, 2.24) is 0 Å². The molecule has 0 heterocycles. The zero-order valence-corrected chi connectivity index (χ0v) is 14.0. The van der Waals surface area contributed by atoms with Gasteiger partial charge in [0.15, 0.2) is 0 Å². The van der Waals surface area contributed by atoms with Gasteiger partial charge in [-0.2, -0.15) is 0 Å². The number of hydrogen-bond acceptors (Lipinski definition) is 3. The summed E-state index contributed by atoms with van der Waals surface area (Å²) < 4.78 is 33.0. The molecule has 0 saturated carbocycles. The van der Waals surface area contributed by atoms with E-state index in [1.807, 2.05) is 0 Å². The summed E-state index contributed by atoms with van der Waals surface area (Å²) in [6.45, 7) is 13.1. The fourth-order valence-electron chi connectivity index (χ4n) is 2.40. The van der Waals surface area contributed by atoms with E-state index in [1.165, 1.54) is 12.1 Å². The molecule has 0 fully saturated rings. The maximum absolute atomic E-state index is 11.0. The van der Waals surface area contributed by atoms with E-state index in [-0.39, 0.29) is 15.7 Å². The molecule has 1 rings (SSSR count). The zero-order valence-electron chi connectivity index (χ0n) is 13.2. The summed E-state index contributed by atoms with van der Waals surface area (Å²) in [5.74, 6) is 0.311. The Hall–Kier alpha value is -0.870. The van der Waals surface area contributed by atoms with Crippen molar-refractivity contribution in [3.8, 4) is 0 Å². The van der Waals surface area contributed by atoms with Crippen LogP contribution >= 0.6 is 0 Å². The van der Waals surface area contributed by atoms with Crippen LogP contribution in [0, 0.1) is 10.8 Å².